The van der Waals surface area contributed by atoms with E-state index in [-0.39, 0.29) is 17.9 Å². The molecule has 8 nitrogen and oxygen atoms in total. The quantitative estimate of drug-likeness (QED) is 0.765. The normalized spacial score (nSPS) is 16.6. The molecule has 3 rings (SSSR count). The highest BCUT2D eigenvalue weighted by Crippen LogP contribution is 2.27. The number of aryl methyl sites for hydroxylation is 1. The standard InChI is InChI=1S/C17H23N5O3S/c1-11-15(16(24)19-6-5-13-8-18-10-20-13)26-17(21-11)22(12(2)23)9-14-4-3-7-25-14/h8,10,14H,3-7,9H2,1-2H3,(H,18,20)(H,19,24)/t14-/m0/s1. The Bertz CT molecular complexity index is 753. The molecule has 0 radical (unpaired) electrons. The monoisotopic (exact) mass is 377 g/mol. The second-order valence-electron chi connectivity index (χ2n) is 6.26. The predicted octanol–water partition coefficient (Wildman–Crippen LogP) is 1.68. The summed E-state index contributed by atoms with van der Waals surface area (Å²) in [5.74, 6) is -0.271. The third-order valence-electron chi connectivity index (χ3n) is 4.25. The van der Waals surface area contributed by atoms with Crippen LogP contribution >= 0.6 is 11.3 Å². The molecular formula is C17H23N5O3S. The largest absolute Gasteiger partial charge is 0.376 e. The lowest BCUT2D eigenvalue weighted by Gasteiger charge is -2.21. The number of nitrogens with one attached hydrogen (secondary N) is 2. The number of carbonyl (C=O) groups excluding carboxylic acids is 2. The van der Waals surface area contributed by atoms with Crippen LogP contribution in [0.25, 0.3) is 0 Å². The Hall–Kier alpha value is -2.26. The number of carbonyl (C=O) groups is 2. The lowest BCUT2D eigenvalue weighted by molar-refractivity contribution is -0.116. The highest BCUT2D eigenvalue weighted by Gasteiger charge is 2.25. The van der Waals surface area contributed by atoms with E-state index in [1.807, 2.05) is 0 Å². The van der Waals surface area contributed by atoms with E-state index in [9.17, 15) is 9.59 Å². The Kier molecular flexibility index (Phi) is 6.00. The summed E-state index contributed by atoms with van der Waals surface area (Å²) < 4.78 is 5.62. The number of nitrogens with zero attached hydrogens (tertiary/aromatic N) is 3. The van der Waals surface area contributed by atoms with E-state index in [2.05, 4.69) is 20.3 Å². The zero-order chi connectivity index (χ0) is 18.5. The fraction of sp³-hybridized carbons (Fsp3) is 0.529. The zero-order valence-corrected chi connectivity index (χ0v) is 15.8. The van der Waals surface area contributed by atoms with Crippen molar-refractivity contribution >= 4 is 28.3 Å². The Labute approximate surface area is 156 Å². The maximum atomic E-state index is 12.4. The van der Waals surface area contributed by atoms with Crippen molar-refractivity contribution in [2.75, 3.05) is 24.6 Å². The summed E-state index contributed by atoms with van der Waals surface area (Å²) in [5.41, 5.74) is 1.59. The number of ether oxygens (including phenoxy) is 1. The molecule has 1 atom stereocenters. The second-order valence-corrected chi connectivity index (χ2v) is 7.24. The van der Waals surface area contributed by atoms with Crippen LogP contribution in [0.1, 0.15) is 40.8 Å². The van der Waals surface area contributed by atoms with Gasteiger partial charge < -0.3 is 15.0 Å². The molecule has 0 aromatic carbocycles. The highest BCUT2D eigenvalue weighted by atomic mass is 32.1. The SMILES string of the molecule is CC(=O)N(C[C@@H]1CCCO1)c1nc(C)c(C(=O)NCCc2cnc[nH]2)s1. The highest BCUT2D eigenvalue weighted by molar-refractivity contribution is 7.17. The van der Waals surface area contributed by atoms with Crippen molar-refractivity contribution in [3.63, 3.8) is 0 Å². The van der Waals surface area contributed by atoms with E-state index < -0.39 is 0 Å². The van der Waals surface area contributed by atoms with Gasteiger partial charge in [-0.1, -0.05) is 11.3 Å². The van der Waals surface area contributed by atoms with Gasteiger partial charge in [0, 0.05) is 38.4 Å². The average Bonchev–Trinajstić information content (AvgIpc) is 3.34. The number of aromatic nitrogens is 3. The van der Waals surface area contributed by atoms with Gasteiger partial charge in [0.15, 0.2) is 5.13 Å². The van der Waals surface area contributed by atoms with Crippen LogP contribution in [-0.4, -0.2) is 52.6 Å². The van der Waals surface area contributed by atoms with E-state index in [0.29, 0.717) is 35.2 Å². The summed E-state index contributed by atoms with van der Waals surface area (Å²) in [6.45, 7) is 5.00. The molecule has 0 bridgehead atoms. The molecule has 1 saturated heterocycles. The number of anilines is 1. The lowest BCUT2D eigenvalue weighted by Crippen LogP contribution is -2.35. The van der Waals surface area contributed by atoms with Gasteiger partial charge in [-0.2, -0.15) is 0 Å². The molecular weight excluding hydrogens is 354 g/mol. The molecule has 2 aromatic rings. The maximum Gasteiger partial charge on any atom is 0.263 e. The van der Waals surface area contributed by atoms with Crippen LogP contribution in [0.5, 0.6) is 0 Å². The van der Waals surface area contributed by atoms with Crippen LogP contribution in [0.4, 0.5) is 5.13 Å². The average molecular weight is 377 g/mol. The maximum absolute atomic E-state index is 12.4. The minimum atomic E-state index is -0.175. The summed E-state index contributed by atoms with van der Waals surface area (Å²) in [5, 5.41) is 3.43. The summed E-state index contributed by atoms with van der Waals surface area (Å²) >= 11 is 1.24. The first-order valence-electron chi connectivity index (χ1n) is 8.67. The Morgan fingerprint density at radius 3 is 3.00 bits per heavy atom. The third-order valence-corrected chi connectivity index (χ3v) is 5.43. The number of thiazole rings is 1. The molecule has 9 heteroatoms. The number of hydrogen-bond acceptors (Lipinski definition) is 6. The van der Waals surface area contributed by atoms with Crippen molar-refractivity contribution < 1.29 is 14.3 Å². The minimum absolute atomic E-state index is 0.0368. The Morgan fingerprint density at radius 1 is 1.50 bits per heavy atom. The van der Waals surface area contributed by atoms with Crippen molar-refractivity contribution in [1.82, 2.24) is 20.3 Å². The van der Waals surface area contributed by atoms with Gasteiger partial charge in [0.2, 0.25) is 5.91 Å². The number of amides is 2. The van der Waals surface area contributed by atoms with Gasteiger partial charge in [-0.3, -0.25) is 14.5 Å². The molecule has 2 N–H and O–H groups in total. The van der Waals surface area contributed by atoms with Crippen molar-refractivity contribution in [3.05, 3.63) is 28.8 Å². The molecule has 0 aliphatic carbocycles. The molecule has 0 spiro atoms. The van der Waals surface area contributed by atoms with E-state index in [1.54, 1.807) is 24.3 Å². The summed E-state index contributed by atoms with van der Waals surface area (Å²) in [6, 6.07) is 0. The van der Waals surface area contributed by atoms with Crippen LogP contribution in [0, 0.1) is 6.92 Å². The van der Waals surface area contributed by atoms with Crippen LogP contribution in [0.15, 0.2) is 12.5 Å². The molecule has 1 aliphatic heterocycles. The third kappa shape index (κ3) is 4.47. The summed E-state index contributed by atoms with van der Waals surface area (Å²) in [6.07, 6.45) is 6.01. The molecule has 2 amide bonds. The van der Waals surface area contributed by atoms with Crippen molar-refractivity contribution in [2.24, 2.45) is 0 Å². The van der Waals surface area contributed by atoms with Crippen LogP contribution in [-0.2, 0) is 16.0 Å². The van der Waals surface area contributed by atoms with Gasteiger partial charge in [-0.25, -0.2) is 9.97 Å². The van der Waals surface area contributed by atoms with Gasteiger partial charge in [-0.05, 0) is 19.8 Å². The fourth-order valence-electron chi connectivity index (χ4n) is 2.85. The summed E-state index contributed by atoms with van der Waals surface area (Å²) in [4.78, 5) is 38.0. The van der Waals surface area contributed by atoms with Crippen molar-refractivity contribution in [1.29, 1.82) is 0 Å². The van der Waals surface area contributed by atoms with Gasteiger partial charge >= 0.3 is 0 Å². The number of hydrogen-bond donors (Lipinski definition) is 2. The topological polar surface area (TPSA) is 100 Å². The predicted molar refractivity (Wildman–Crippen MR) is 98.5 cm³/mol. The van der Waals surface area contributed by atoms with E-state index in [1.165, 1.54) is 18.3 Å². The van der Waals surface area contributed by atoms with Crippen LogP contribution < -0.4 is 10.2 Å². The molecule has 2 aromatic heterocycles. The van der Waals surface area contributed by atoms with Gasteiger partial charge in [-0.15, -0.1) is 0 Å². The van der Waals surface area contributed by atoms with Gasteiger partial charge in [0.25, 0.3) is 5.91 Å². The molecule has 0 unspecified atom stereocenters. The molecule has 0 saturated carbocycles. The lowest BCUT2D eigenvalue weighted by atomic mass is 10.2. The van der Waals surface area contributed by atoms with Gasteiger partial charge in [0.05, 0.1) is 24.7 Å². The first-order chi connectivity index (χ1) is 12.5. The molecule has 26 heavy (non-hydrogen) atoms. The van der Waals surface area contributed by atoms with E-state index in [4.69, 9.17) is 4.74 Å². The smallest absolute Gasteiger partial charge is 0.263 e. The first kappa shape index (κ1) is 18.5. The van der Waals surface area contributed by atoms with E-state index >= 15 is 0 Å². The van der Waals surface area contributed by atoms with Crippen molar-refractivity contribution in [3.8, 4) is 0 Å². The van der Waals surface area contributed by atoms with Crippen molar-refractivity contribution in [2.45, 2.75) is 39.2 Å². The fourth-order valence-corrected chi connectivity index (χ4v) is 3.89. The number of H-pyrrole nitrogens is 1. The molecule has 1 fully saturated rings. The Morgan fingerprint density at radius 2 is 2.35 bits per heavy atom. The summed E-state index contributed by atoms with van der Waals surface area (Å²) in [7, 11) is 0. The number of imidazole rings is 1. The molecule has 140 valence electrons. The first-order valence-corrected chi connectivity index (χ1v) is 9.49. The Balaban J connectivity index is 1.64. The van der Waals surface area contributed by atoms with Crippen LogP contribution in [0.2, 0.25) is 0 Å². The number of aromatic amines is 1. The number of rotatable bonds is 7. The molecule has 1 aliphatic rings. The second kappa shape index (κ2) is 8.41. The van der Waals surface area contributed by atoms with Gasteiger partial charge in [0.1, 0.15) is 4.88 Å². The zero-order valence-electron chi connectivity index (χ0n) is 14.9. The minimum Gasteiger partial charge on any atom is -0.376 e. The molecule has 3 heterocycles. The van der Waals surface area contributed by atoms with E-state index in [0.717, 1.165) is 25.1 Å². The van der Waals surface area contributed by atoms with Crippen LogP contribution in [0.3, 0.4) is 0 Å².